The van der Waals surface area contributed by atoms with Crippen LogP contribution in [0.2, 0.25) is 0 Å². The van der Waals surface area contributed by atoms with Gasteiger partial charge in [0.05, 0.1) is 12.8 Å². The zero-order chi connectivity index (χ0) is 13.0. The van der Waals surface area contributed by atoms with Gasteiger partial charge in [-0.25, -0.2) is 0 Å². The summed E-state index contributed by atoms with van der Waals surface area (Å²) in [4.78, 5) is 2.19. The van der Waals surface area contributed by atoms with Crippen molar-refractivity contribution < 1.29 is 4.42 Å². The molecule has 1 N–H and O–H groups in total. The molecule has 3 nitrogen and oxygen atoms in total. The normalized spacial score (nSPS) is 10.6. The second-order valence-corrected chi connectivity index (χ2v) is 4.65. The molecule has 0 aliphatic rings. The van der Waals surface area contributed by atoms with Crippen molar-refractivity contribution in [3.63, 3.8) is 0 Å². The van der Waals surface area contributed by atoms with E-state index in [1.165, 1.54) is 16.8 Å². The Balaban J connectivity index is 2.04. The molecule has 18 heavy (non-hydrogen) atoms. The molecule has 0 aliphatic carbocycles. The minimum atomic E-state index is 0.785. The van der Waals surface area contributed by atoms with Crippen LogP contribution in [-0.2, 0) is 13.1 Å². The minimum Gasteiger partial charge on any atom is -0.467 e. The predicted molar refractivity (Wildman–Crippen MR) is 74.8 cm³/mol. The molecule has 0 saturated heterocycles. The lowest BCUT2D eigenvalue weighted by Crippen LogP contribution is -2.15. The van der Waals surface area contributed by atoms with Gasteiger partial charge in [-0.15, -0.1) is 0 Å². The van der Waals surface area contributed by atoms with Gasteiger partial charge in [0.2, 0.25) is 0 Å². The number of hydrogen-bond donors (Lipinski definition) is 1. The van der Waals surface area contributed by atoms with Crippen LogP contribution in [0.5, 0.6) is 0 Å². The van der Waals surface area contributed by atoms with Crippen molar-refractivity contribution in [2.24, 2.45) is 0 Å². The maximum atomic E-state index is 5.56. The Bertz CT molecular complexity index is 505. The van der Waals surface area contributed by atoms with E-state index in [0.717, 1.165) is 18.8 Å². The monoisotopic (exact) mass is 244 g/mol. The number of hydrogen-bond acceptors (Lipinski definition) is 3. The minimum absolute atomic E-state index is 0.785. The summed E-state index contributed by atoms with van der Waals surface area (Å²) in [6.07, 6.45) is 1.82. The predicted octanol–water partition coefficient (Wildman–Crippen LogP) is 2.94. The Hall–Kier alpha value is -1.74. The van der Waals surface area contributed by atoms with E-state index in [9.17, 15) is 0 Å². The Morgan fingerprint density at radius 2 is 2.11 bits per heavy atom. The zero-order valence-corrected chi connectivity index (χ0v) is 11.2. The van der Waals surface area contributed by atoms with Crippen molar-refractivity contribution >= 4 is 5.69 Å². The molecule has 0 fully saturated rings. The maximum Gasteiger partial charge on any atom is 0.123 e. The van der Waals surface area contributed by atoms with E-state index < -0.39 is 0 Å². The second-order valence-electron chi connectivity index (χ2n) is 4.65. The molecule has 1 aromatic heterocycles. The summed E-state index contributed by atoms with van der Waals surface area (Å²) >= 11 is 0. The first kappa shape index (κ1) is 12.7. The Kier molecular flexibility index (Phi) is 4.05. The van der Waals surface area contributed by atoms with Crippen LogP contribution in [0.1, 0.15) is 16.9 Å². The molecule has 1 heterocycles. The van der Waals surface area contributed by atoms with Gasteiger partial charge < -0.3 is 14.6 Å². The molecular weight excluding hydrogens is 224 g/mol. The van der Waals surface area contributed by atoms with Gasteiger partial charge in [-0.3, -0.25) is 0 Å². The van der Waals surface area contributed by atoms with Crippen molar-refractivity contribution in [1.29, 1.82) is 0 Å². The summed E-state index contributed by atoms with van der Waals surface area (Å²) in [6.45, 7) is 3.74. The average Bonchev–Trinajstić information content (AvgIpc) is 2.77. The number of furan rings is 1. The van der Waals surface area contributed by atoms with Crippen LogP contribution in [0.15, 0.2) is 41.0 Å². The van der Waals surface area contributed by atoms with E-state index in [-0.39, 0.29) is 0 Å². The first-order valence-corrected chi connectivity index (χ1v) is 6.17. The van der Waals surface area contributed by atoms with Crippen molar-refractivity contribution in [2.75, 3.05) is 19.0 Å². The van der Waals surface area contributed by atoms with E-state index in [0.29, 0.717) is 0 Å². The molecule has 0 amide bonds. The van der Waals surface area contributed by atoms with Crippen molar-refractivity contribution in [3.05, 3.63) is 53.5 Å². The fourth-order valence-corrected chi connectivity index (χ4v) is 2.00. The highest BCUT2D eigenvalue weighted by atomic mass is 16.3. The number of nitrogens with zero attached hydrogens (tertiary/aromatic N) is 1. The largest absolute Gasteiger partial charge is 0.467 e. The molecule has 2 aromatic rings. The molecule has 1 aromatic carbocycles. The third-order valence-corrected chi connectivity index (χ3v) is 2.92. The molecule has 0 aliphatic heterocycles. The highest BCUT2D eigenvalue weighted by Gasteiger charge is 2.06. The van der Waals surface area contributed by atoms with Gasteiger partial charge in [0.25, 0.3) is 0 Å². The molecule has 0 saturated carbocycles. The van der Waals surface area contributed by atoms with Crippen LogP contribution in [0.4, 0.5) is 5.69 Å². The van der Waals surface area contributed by atoms with Gasteiger partial charge in [0.1, 0.15) is 5.76 Å². The second kappa shape index (κ2) is 5.74. The lowest BCUT2D eigenvalue weighted by atomic mass is 10.2. The zero-order valence-electron chi connectivity index (χ0n) is 11.2. The van der Waals surface area contributed by atoms with Crippen molar-refractivity contribution in [3.8, 4) is 0 Å². The number of benzene rings is 1. The average molecular weight is 244 g/mol. The van der Waals surface area contributed by atoms with Crippen LogP contribution < -0.4 is 10.2 Å². The van der Waals surface area contributed by atoms with Gasteiger partial charge in [-0.05, 0) is 37.7 Å². The van der Waals surface area contributed by atoms with Gasteiger partial charge >= 0.3 is 0 Å². The molecule has 0 bridgehead atoms. The van der Waals surface area contributed by atoms with Crippen molar-refractivity contribution in [2.45, 2.75) is 20.0 Å². The number of anilines is 1. The lowest BCUT2D eigenvalue weighted by Gasteiger charge is -2.18. The van der Waals surface area contributed by atoms with Crippen LogP contribution in [0.25, 0.3) is 0 Å². The molecular formula is C15H20N2O. The van der Waals surface area contributed by atoms with Gasteiger partial charge in [0, 0.05) is 24.8 Å². The van der Waals surface area contributed by atoms with Gasteiger partial charge in [-0.1, -0.05) is 12.1 Å². The quantitative estimate of drug-likeness (QED) is 0.876. The summed E-state index contributed by atoms with van der Waals surface area (Å²) < 4.78 is 5.56. The number of nitrogens with one attached hydrogen (secondary N) is 1. The van der Waals surface area contributed by atoms with Crippen LogP contribution in [0, 0.1) is 6.92 Å². The van der Waals surface area contributed by atoms with E-state index in [2.05, 4.69) is 54.5 Å². The summed E-state index contributed by atoms with van der Waals surface area (Å²) in [7, 11) is 4.01. The summed E-state index contributed by atoms with van der Waals surface area (Å²) in [5.41, 5.74) is 3.67. The van der Waals surface area contributed by atoms with Gasteiger partial charge in [-0.2, -0.15) is 0 Å². The molecule has 0 radical (unpaired) electrons. The Labute approximate surface area is 108 Å². The fraction of sp³-hybridized carbons (Fsp3) is 0.333. The highest BCUT2D eigenvalue weighted by molar-refractivity contribution is 5.47. The molecule has 0 spiro atoms. The van der Waals surface area contributed by atoms with Crippen LogP contribution >= 0.6 is 0 Å². The summed E-state index contributed by atoms with van der Waals surface area (Å²) in [6, 6.07) is 10.6. The van der Waals surface area contributed by atoms with Crippen LogP contribution in [-0.4, -0.2) is 14.1 Å². The third kappa shape index (κ3) is 3.14. The molecule has 0 unspecified atom stereocenters. The number of aryl methyl sites for hydroxylation is 1. The molecule has 2 rings (SSSR count). The van der Waals surface area contributed by atoms with E-state index in [1.54, 1.807) is 0 Å². The molecule has 3 heteroatoms. The summed E-state index contributed by atoms with van der Waals surface area (Å²) in [5, 5.41) is 3.12. The summed E-state index contributed by atoms with van der Waals surface area (Å²) in [5.74, 6) is 0.990. The molecule has 96 valence electrons. The first-order chi connectivity index (χ1) is 8.69. The van der Waals surface area contributed by atoms with Crippen molar-refractivity contribution in [1.82, 2.24) is 5.32 Å². The third-order valence-electron chi connectivity index (χ3n) is 2.92. The Morgan fingerprint density at radius 1 is 1.28 bits per heavy atom. The number of rotatable bonds is 5. The highest BCUT2D eigenvalue weighted by Crippen LogP contribution is 2.18. The fourth-order valence-electron chi connectivity index (χ4n) is 2.00. The van der Waals surface area contributed by atoms with Crippen LogP contribution in [0.3, 0.4) is 0 Å². The van der Waals surface area contributed by atoms with E-state index >= 15 is 0 Å². The SMILES string of the molecule is CNCc1coc(CN(C)c2cccc(C)c2)c1. The lowest BCUT2D eigenvalue weighted by molar-refractivity contribution is 0.505. The Morgan fingerprint density at radius 3 is 2.83 bits per heavy atom. The first-order valence-electron chi connectivity index (χ1n) is 6.17. The van der Waals surface area contributed by atoms with E-state index in [4.69, 9.17) is 4.42 Å². The molecule has 0 atom stereocenters. The maximum absolute atomic E-state index is 5.56. The topological polar surface area (TPSA) is 28.4 Å². The van der Waals surface area contributed by atoms with E-state index in [1.807, 2.05) is 13.3 Å². The smallest absolute Gasteiger partial charge is 0.123 e. The van der Waals surface area contributed by atoms with Gasteiger partial charge in [0.15, 0.2) is 0 Å². The standard InChI is InChI=1S/C15H20N2O/c1-12-5-4-6-14(7-12)17(3)10-15-8-13(9-16-2)11-18-15/h4-8,11,16H,9-10H2,1-3H3.